The lowest BCUT2D eigenvalue weighted by Crippen LogP contribution is -2.46. The Morgan fingerprint density at radius 3 is 1.54 bits per heavy atom. The van der Waals surface area contributed by atoms with Crippen LogP contribution in [0.1, 0.15) is 135 Å². The van der Waals surface area contributed by atoms with Crippen LogP contribution in [0.25, 0.3) is 0 Å². The highest BCUT2D eigenvalue weighted by Gasteiger charge is 2.56. The van der Waals surface area contributed by atoms with Crippen LogP contribution < -0.4 is 0 Å². The molecule has 4 fully saturated rings. The molecule has 2 aliphatic heterocycles. The first-order chi connectivity index (χ1) is 18.2. The molecule has 1 spiro atoms. The number of fused-ring (bicyclic) bond motifs is 1. The van der Waals surface area contributed by atoms with Crippen molar-refractivity contribution < 1.29 is 14.3 Å². The number of nitrogens with zero attached hydrogens (tertiary/aromatic N) is 3. The molecule has 0 radical (unpaired) electrons. The molecule has 0 unspecified atom stereocenters. The smallest absolute Gasteiger partial charge is 0.345 e. The Morgan fingerprint density at radius 2 is 1.00 bits per heavy atom. The quantitative estimate of drug-likeness (QED) is 0.374. The van der Waals surface area contributed by atoms with Gasteiger partial charge in [0, 0.05) is 0 Å². The van der Waals surface area contributed by atoms with Crippen molar-refractivity contribution in [3.8, 4) is 0 Å². The van der Waals surface area contributed by atoms with Crippen LogP contribution >= 0.6 is 0 Å². The van der Waals surface area contributed by atoms with Crippen LogP contribution in [0.4, 0.5) is 0 Å². The molecule has 0 atom stereocenters. The third kappa shape index (κ3) is 5.31. The number of aliphatic imine (C=N–C) groups is 3. The van der Waals surface area contributed by atoms with Gasteiger partial charge in [0.25, 0.3) is 5.90 Å². The number of hydrogen-bond donors (Lipinski definition) is 0. The van der Waals surface area contributed by atoms with Gasteiger partial charge in [-0.25, -0.2) is 14.8 Å². The van der Waals surface area contributed by atoms with Crippen molar-refractivity contribution in [2.75, 3.05) is 0 Å². The van der Waals surface area contributed by atoms with E-state index in [-0.39, 0.29) is 18.1 Å². The van der Waals surface area contributed by atoms with E-state index in [1.54, 1.807) is 0 Å². The summed E-state index contributed by atoms with van der Waals surface area (Å²) in [6.07, 6.45) is 24.2. The Morgan fingerprint density at radius 1 is 0.541 bits per heavy atom. The Kier molecular flexibility index (Phi) is 7.80. The molecule has 4 saturated carbocycles. The summed E-state index contributed by atoms with van der Waals surface area (Å²) in [6, 6.07) is 0.800. The molecule has 0 aromatic carbocycles. The van der Waals surface area contributed by atoms with Gasteiger partial charge in [-0.1, -0.05) is 83.5 Å². The van der Waals surface area contributed by atoms with E-state index in [0.29, 0.717) is 29.2 Å². The molecule has 0 aromatic heterocycles. The van der Waals surface area contributed by atoms with Crippen LogP contribution in [0, 0.1) is 5.41 Å². The van der Waals surface area contributed by atoms with Crippen molar-refractivity contribution >= 4 is 23.5 Å². The molecule has 202 valence electrons. The number of esters is 1. The number of cyclic esters (lactones) is 1. The van der Waals surface area contributed by atoms with Crippen molar-refractivity contribution in [3.63, 3.8) is 0 Å². The second-order valence-corrected chi connectivity index (χ2v) is 12.4. The molecule has 6 nitrogen and oxygen atoms in total. The SMILES string of the molecule is O=C1OC(=NC2CCCCC2)C2=C1C1(CCCCCC1)C(=NC1CCCCC1)C(=NC1CCCCC1)O2. The molecule has 6 aliphatic rings. The van der Waals surface area contributed by atoms with Gasteiger partial charge in [0.05, 0.1) is 29.1 Å². The maximum absolute atomic E-state index is 13.6. The zero-order valence-corrected chi connectivity index (χ0v) is 22.6. The molecule has 0 amide bonds. The third-order valence-corrected chi connectivity index (χ3v) is 9.74. The maximum atomic E-state index is 13.6. The number of carbonyl (C=O) groups excluding carboxylic acids is 1. The number of hydrogen-bond acceptors (Lipinski definition) is 6. The summed E-state index contributed by atoms with van der Waals surface area (Å²) in [5.41, 5.74) is 1.23. The minimum atomic E-state index is -0.448. The average Bonchev–Trinajstić information content (AvgIpc) is 3.08. The van der Waals surface area contributed by atoms with E-state index in [2.05, 4.69) is 0 Å². The van der Waals surface area contributed by atoms with E-state index in [1.165, 1.54) is 70.6 Å². The monoisotopic (exact) mass is 507 g/mol. The molecule has 6 rings (SSSR count). The molecular formula is C31H45N3O3. The highest BCUT2D eigenvalue weighted by atomic mass is 16.6. The van der Waals surface area contributed by atoms with Crippen LogP contribution in [-0.2, 0) is 14.3 Å². The van der Waals surface area contributed by atoms with Crippen LogP contribution in [0.15, 0.2) is 26.3 Å². The minimum Gasteiger partial charge on any atom is -0.431 e. The van der Waals surface area contributed by atoms with Gasteiger partial charge in [0.2, 0.25) is 11.7 Å². The Hall–Kier alpha value is -1.98. The van der Waals surface area contributed by atoms with Crippen molar-refractivity contribution in [3.05, 3.63) is 11.3 Å². The molecule has 6 heteroatoms. The van der Waals surface area contributed by atoms with Gasteiger partial charge in [-0.15, -0.1) is 0 Å². The van der Waals surface area contributed by atoms with Gasteiger partial charge in [-0.3, -0.25) is 4.99 Å². The summed E-state index contributed by atoms with van der Waals surface area (Å²) in [5, 5.41) is 0. The van der Waals surface area contributed by atoms with E-state index in [4.69, 9.17) is 24.5 Å². The van der Waals surface area contributed by atoms with Gasteiger partial charge in [-0.05, 0) is 51.4 Å². The second-order valence-electron chi connectivity index (χ2n) is 12.4. The molecule has 0 N–H and O–H groups in total. The van der Waals surface area contributed by atoms with Crippen LogP contribution in [0.3, 0.4) is 0 Å². The van der Waals surface area contributed by atoms with E-state index in [0.717, 1.165) is 69.9 Å². The Labute approximate surface area is 222 Å². The van der Waals surface area contributed by atoms with Crippen LogP contribution in [0.2, 0.25) is 0 Å². The molecule has 2 heterocycles. The zero-order valence-electron chi connectivity index (χ0n) is 22.6. The fourth-order valence-electron chi connectivity index (χ4n) is 7.68. The molecule has 0 saturated heterocycles. The summed E-state index contributed by atoms with van der Waals surface area (Å²) in [7, 11) is 0. The first-order valence-corrected chi connectivity index (χ1v) is 15.6. The zero-order chi connectivity index (χ0) is 25.1. The summed E-state index contributed by atoms with van der Waals surface area (Å²) in [4.78, 5) is 29.4. The fourth-order valence-corrected chi connectivity index (χ4v) is 7.68. The average molecular weight is 508 g/mol. The number of ether oxygens (including phenoxy) is 2. The Bertz CT molecular complexity index is 968. The Balaban J connectivity index is 1.47. The van der Waals surface area contributed by atoms with Crippen molar-refractivity contribution in [2.45, 2.75) is 153 Å². The number of rotatable bonds is 3. The van der Waals surface area contributed by atoms with Crippen LogP contribution in [0.5, 0.6) is 0 Å². The molecule has 0 bridgehead atoms. The van der Waals surface area contributed by atoms with E-state index in [1.807, 2.05) is 0 Å². The fraction of sp³-hybridized carbons (Fsp3) is 0.806. The summed E-state index contributed by atoms with van der Waals surface area (Å²) in [5.74, 6) is 1.44. The van der Waals surface area contributed by atoms with Gasteiger partial charge in [0.15, 0.2) is 0 Å². The van der Waals surface area contributed by atoms with Gasteiger partial charge < -0.3 is 9.47 Å². The number of carbonyl (C=O) groups is 1. The summed E-state index contributed by atoms with van der Waals surface area (Å²) >= 11 is 0. The first kappa shape index (κ1) is 25.3. The predicted octanol–water partition coefficient (Wildman–Crippen LogP) is 7.40. The van der Waals surface area contributed by atoms with Crippen molar-refractivity contribution in [1.82, 2.24) is 0 Å². The first-order valence-electron chi connectivity index (χ1n) is 15.6. The van der Waals surface area contributed by atoms with Gasteiger partial charge in [-0.2, -0.15) is 0 Å². The third-order valence-electron chi connectivity index (χ3n) is 9.74. The topological polar surface area (TPSA) is 72.6 Å². The van der Waals surface area contributed by atoms with Crippen molar-refractivity contribution in [2.24, 2.45) is 20.4 Å². The molecular weight excluding hydrogens is 462 g/mol. The maximum Gasteiger partial charge on any atom is 0.345 e. The van der Waals surface area contributed by atoms with E-state index < -0.39 is 5.41 Å². The summed E-state index contributed by atoms with van der Waals surface area (Å²) in [6.45, 7) is 0. The van der Waals surface area contributed by atoms with Crippen LogP contribution in [-0.4, -0.2) is 41.6 Å². The van der Waals surface area contributed by atoms with Gasteiger partial charge >= 0.3 is 5.97 Å². The van der Waals surface area contributed by atoms with Gasteiger partial charge in [0.1, 0.15) is 5.71 Å². The highest BCUT2D eigenvalue weighted by Crippen LogP contribution is 2.50. The lowest BCUT2D eigenvalue weighted by Gasteiger charge is -2.39. The standard InChI is InChI=1S/C31H45N3O3/c35-30-25-26(28(37-30)33-23-16-8-4-9-17-23)36-29(34-24-18-10-5-11-19-24)27(32-22-14-6-3-7-15-22)31(25)20-12-1-2-13-21-31/h22-24H,1-21H2. The predicted molar refractivity (Wildman–Crippen MR) is 147 cm³/mol. The lowest BCUT2D eigenvalue weighted by molar-refractivity contribution is -0.131. The van der Waals surface area contributed by atoms with E-state index in [9.17, 15) is 4.79 Å². The van der Waals surface area contributed by atoms with Crippen molar-refractivity contribution in [1.29, 1.82) is 0 Å². The second kappa shape index (κ2) is 11.4. The van der Waals surface area contributed by atoms with E-state index >= 15 is 0 Å². The molecule has 0 aromatic rings. The highest BCUT2D eigenvalue weighted by molar-refractivity contribution is 6.45. The summed E-state index contributed by atoms with van der Waals surface area (Å²) < 4.78 is 12.6. The molecule has 37 heavy (non-hydrogen) atoms. The molecule has 4 aliphatic carbocycles. The lowest BCUT2D eigenvalue weighted by atomic mass is 9.68. The normalized spacial score (nSPS) is 31.6. The minimum absolute atomic E-state index is 0.216. The largest absolute Gasteiger partial charge is 0.431 e.